The van der Waals surface area contributed by atoms with Crippen molar-refractivity contribution in [2.45, 2.75) is 13.8 Å². The Balaban J connectivity index is 0. The minimum absolute atomic E-state index is 0. The first-order valence-electron chi connectivity index (χ1n) is 2.62. The first-order chi connectivity index (χ1) is 3.72. The van der Waals surface area contributed by atoms with Crippen molar-refractivity contribution in [3.8, 4) is 0 Å². The smallest absolute Gasteiger partial charge is 1.00 e. The molecule has 0 N–H and O–H groups in total. The third-order valence-corrected chi connectivity index (χ3v) is 4.16. The Labute approximate surface area is 69.3 Å². The summed E-state index contributed by atoms with van der Waals surface area (Å²) in [6, 6.07) is 0. The number of aryl methyl sites for hydroxylation is 1. The minimum atomic E-state index is 0. The molecule has 0 bridgehead atoms. The molecule has 0 aliphatic rings. The van der Waals surface area contributed by atoms with Crippen LogP contribution in [0.4, 0.5) is 0 Å². The van der Waals surface area contributed by atoms with E-state index in [0.29, 0.717) is 0 Å². The van der Waals surface area contributed by atoms with Gasteiger partial charge in [0.15, 0.2) is 0 Å². The quantitative estimate of drug-likeness (QED) is 0.539. The molecule has 0 aliphatic heterocycles. The van der Waals surface area contributed by atoms with Crippen molar-refractivity contribution in [2.24, 2.45) is 0 Å². The van der Waals surface area contributed by atoms with E-state index in [0.717, 1.165) is 8.19 Å². The van der Waals surface area contributed by atoms with Crippen LogP contribution in [0.25, 0.3) is 0 Å². The summed E-state index contributed by atoms with van der Waals surface area (Å²) in [4.78, 5) is 0. The van der Waals surface area contributed by atoms with E-state index in [1.54, 1.807) is 29.7 Å². The zero-order chi connectivity index (χ0) is 6.15. The third-order valence-electron chi connectivity index (χ3n) is 1.44. The average molecular weight is 158 g/mol. The summed E-state index contributed by atoms with van der Waals surface area (Å²) in [6.45, 7) is 4.43. The topological polar surface area (TPSA) is 0 Å². The van der Waals surface area contributed by atoms with E-state index >= 15 is 0 Å². The summed E-state index contributed by atoms with van der Waals surface area (Å²) >= 11 is 1.75. The molecule has 1 unspecified atom stereocenters. The maximum absolute atomic E-state index is 2.34. The van der Waals surface area contributed by atoms with Crippen LogP contribution in [0, 0.1) is 13.8 Å². The molecule has 0 saturated heterocycles. The molecule has 0 spiro atoms. The molecular formula is C6H10PSc. The second-order valence-corrected chi connectivity index (χ2v) is 4.29. The van der Waals surface area contributed by atoms with Gasteiger partial charge in [0.1, 0.15) is 0 Å². The van der Waals surface area contributed by atoms with Crippen LogP contribution in [0.1, 0.15) is 13.7 Å². The average Bonchev–Trinajstić information content (AvgIpc) is 1.98. The Bertz CT molecular complexity index is 178. The van der Waals surface area contributed by atoms with Crippen LogP contribution >= 0.6 is 8.19 Å². The Morgan fingerprint density at radius 1 is 1.62 bits per heavy atom. The summed E-state index contributed by atoms with van der Waals surface area (Å²) in [5, 5.41) is 1.57. The van der Waals surface area contributed by atoms with Crippen LogP contribution < -0.4 is 3.32 Å². The van der Waals surface area contributed by atoms with Gasteiger partial charge in [-0.25, -0.2) is 0 Å². The van der Waals surface area contributed by atoms with Gasteiger partial charge in [0.05, 0.1) is 0 Å². The van der Waals surface area contributed by atoms with E-state index < -0.39 is 0 Å². The molecule has 1 heterocycles. The van der Waals surface area contributed by atoms with Crippen molar-refractivity contribution in [1.82, 2.24) is 0 Å². The van der Waals surface area contributed by atoms with Crippen LogP contribution in [0.15, 0.2) is 5.80 Å². The molecule has 42 valence electrons. The van der Waals surface area contributed by atoms with Crippen LogP contribution in [-0.2, 0) is 24.4 Å². The number of hydrogen-bond acceptors (Lipinski definition) is 0. The molecule has 0 fully saturated rings. The van der Waals surface area contributed by atoms with Gasteiger partial charge in [0.2, 0.25) is 0 Å². The Morgan fingerprint density at radius 3 is 2.38 bits per heavy atom. The van der Waals surface area contributed by atoms with Gasteiger partial charge in [-0.05, 0) is 0 Å². The van der Waals surface area contributed by atoms with E-state index in [2.05, 4.69) is 19.6 Å². The first-order valence-corrected chi connectivity index (χ1v) is 4.59. The molecule has 0 radical (unpaired) electrons. The summed E-state index contributed by atoms with van der Waals surface area (Å²) in [5.74, 6) is 2.34. The van der Waals surface area contributed by atoms with Crippen LogP contribution in [0.3, 0.4) is 0 Å². The van der Waals surface area contributed by atoms with E-state index in [1.807, 2.05) is 0 Å². The first kappa shape index (κ1) is 6.77. The fourth-order valence-electron chi connectivity index (χ4n) is 0.619. The van der Waals surface area contributed by atoms with E-state index in [1.165, 1.54) is 8.88 Å². The predicted molar refractivity (Wildman–Crippen MR) is 37.3 cm³/mol. The molecule has 1 atom stereocenters. The molecule has 1 rings (SSSR count). The molecule has 2 heteroatoms. The molecule has 1 aromatic heterocycles. The van der Waals surface area contributed by atoms with Gasteiger partial charge in [-0.1, -0.05) is 0 Å². The second-order valence-electron chi connectivity index (χ2n) is 1.99. The molecular weight excluding hydrogens is 148 g/mol. The maximum Gasteiger partial charge on any atom is -1.00 e. The third kappa shape index (κ3) is 1.14. The molecule has 0 amide bonds. The maximum atomic E-state index is 2.34. The van der Waals surface area contributed by atoms with Crippen molar-refractivity contribution in [1.29, 1.82) is 0 Å². The Hall–Kier alpha value is 0.650. The summed E-state index contributed by atoms with van der Waals surface area (Å²) < 4.78 is 1.54. The zero-order valence-corrected chi connectivity index (χ0v) is 7.96. The molecule has 0 saturated carbocycles. The van der Waals surface area contributed by atoms with Crippen molar-refractivity contribution in [3.63, 3.8) is 0 Å². The standard InChI is InChI=1S/C6H8P.Sc.2H/c1-5-3-4-7-6(5)2;;;/h4,7H,1-2H3;;;/q;+2;2*-1. The van der Waals surface area contributed by atoms with Crippen LogP contribution in [0.5, 0.6) is 0 Å². The predicted octanol–water partition coefficient (Wildman–Crippen LogP) is 1.73. The molecule has 8 heavy (non-hydrogen) atoms. The van der Waals surface area contributed by atoms with Crippen LogP contribution in [-0.4, -0.2) is 0 Å². The fraction of sp³-hybridized carbons (Fsp3) is 0.333. The van der Waals surface area contributed by atoms with Gasteiger partial charge in [0.25, 0.3) is 0 Å². The molecule has 0 nitrogen and oxygen atoms in total. The normalized spacial score (nSPS) is 11.0. The van der Waals surface area contributed by atoms with Crippen molar-refractivity contribution < 1.29 is 27.2 Å². The van der Waals surface area contributed by atoms with Gasteiger partial charge < -0.3 is 2.85 Å². The van der Waals surface area contributed by atoms with Crippen molar-refractivity contribution in [2.75, 3.05) is 0 Å². The molecule has 0 aromatic carbocycles. The fourth-order valence-corrected chi connectivity index (χ4v) is 2.52. The SMILES string of the molecule is Cc1[pH]c[c]([Sc+2])c1C.[H-].[H-]. The van der Waals surface area contributed by atoms with E-state index in [-0.39, 0.29) is 2.85 Å². The van der Waals surface area contributed by atoms with Gasteiger partial charge in [-0.2, -0.15) is 0 Å². The largest absolute Gasteiger partial charge is 1.00 e. The number of rotatable bonds is 0. The van der Waals surface area contributed by atoms with Gasteiger partial charge in [-0.3, -0.25) is 0 Å². The van der Waals surface area contributed by atoms with Crippen molar-refractivity contribution >= 4 is 11.5 Å². The van der Waals surface area contributed by atoms with Gasteiger partial charge in [0, 0.05) is 0 Å². The Morgan fingerprint density at radius 2 is 2.25 bits per heavy atom. The molecule has 1 aromatic rings. The summed E-state index contributed by atoms with van der Waals surface area (Å²) in [6.07, 6.45) is 0. The minimum Gasteiger partial charge on any atom is -1.00 e. The van der Waals surface area contributed by atoms with Crippen LogP contribution in [0.2, 0.25) is 0 Å². The number of hydrogen-bond donors (Lipinski definition) is 0. The van der Waals surface area contributed by atoms with E-state index in [9.17, 15) is 0 Å². The summed E-state index contributed by atoms with van der Waals surface area (Å²) in [5.41, 5.74) is 1.53. The van der Waals surface area contributed by atoms with Gasteiger partial charge in [-0.15, -0.1) is 0 Å². The molecule has 0 aliphatic carbocycles. The van der Waals surface area contributed by atoms with Crippen molar-refractivity contribution in [3.05, 3.63) is 16.7 Å². The van der Waals surface area contributed by atoms with E-state index in [4.69, 9.17) is 0 Å². The zero-order valence-electron chi connectivity index (χ0n) is 7.15. The summed E-state index contributed by atoms with van der Waals surface area (Å²) in [7, 11) is 0.976. The monoisotopic (exact) mass is 158 g/mol. The Kier molecular flexibility index (Phi) is 2.11. The second kappa shape index (κ2) is 2.49. The van der Waals surface area contributed by atoms with Gasteiger partial charge >= 0.3 is 66.4 Å².